The first-order valence-electron chi connectivity index (χ1n) is 5.14. The fourth-order valence-corrected chi connectivity index (χ4v) is 2.44. The molecule has 4 heteroatoms. The Morgan fingerprint density at radius 3 is 2.62 bits per heavy atom. The number of Topliss-reactive ketones (excluding diaryl/α,β-unsaturated/α-hetero) is 1. The van der Waals surface area contributed by atoms with E-state index in [9.17, 15) is 4.79 Å². The Bertz CT molecular complexity index is 337. The number of ketones is 1. The van der Waals surface area contributed by atoms with E-state index in [1.54, 1.807) is 11.8 Å². The molecule has 0 spiro atoms. The Morgan fingerprint density at radius 2 is 2.06 bits per heavy atom. The third-order valence-electron chi connectivity index (χ3n) is 2.20. The van der Waals surface area contributed by atoms with Gasteiger partial charge in [0.15, 0.2) is 5.78 Å². The number of aliphatic hydroxyl groups excluding tert-OH is 1. The number of carbonyl (C=O) groups excluding carboxylic acids is 1. The van der Waals surface area contributed by atoms with Gasteiger partial charge in [0.05, 0.1) is 5.75 Å². The van der Waals surface area contributed by atoms with Gasteiger partial charge in [0.2, 0.25) is 0 Å². The summed E-state index contributed by atoms with van der Waals surface area (Å²) < 4.78 is 1.13. The van der Waals surface area contributed by atoms with E-state index in [2.05, 4.69) is 22.6 Å². The average Bonchev–Trinajstić information content (AvgIpc) is 2.27. The lowest BCUT2D eigenvalue weighted by molar-refractivity contribution is 0.102. The first-order chi connectivity index (χ1) is 7.63. The number of benzene rings is 1. The summed E-state index contributed by atoms with van der Waals surface area (Å²) in [5.41, 5.74) is 0.768. The minimum absolute atomic E-state index is 0.159. The highest BCUT2D eigenvalue weighted by Crippen LogP contribution is 2.16. The van der Waals surface area contributed by atoms with Gasteiger partial charge in [0.1, 0.15) is 0 Å². The topological polar surface area (TPSA) is 37.3 Å². The van der Waals surface area contributed by atoms with Crippen molar-refractivity contribution in [1.82, 2.24) is 0 Å². The zero-order chi connectivity index (χ0) is 12.0. The molecule has 0 saturated carbocycles. The molecule has 2 nitrogen and oxygen atoms in total. The van der Waals surface area contributed by atoms with Gasteiger partial charge >= 0.3 is 0 Å². The first-order valence-corrected chi connectivity index (χ1v) is 7.27. The van der Waals surface area contributed by atoms with Crippen molar-refractivity contribution in [3.63, 3.8) is 0 Å². The predicted molar refractivity (Wildman–Crippen MR) is 77.1 cm³/mol. The van der Waals surface area contributed by atoms with Crippen molar-refractivity contribution in [1.29, 1.82) is 0 Å². The highest BCUT2D eigenvalue weighted by Gasteiger charge is 2.08. The molecule has 0 aliphatic rings. The number of rotatable bonds is 6. The molecule has 0 bridgehead atoms. The van der Waals surface area contributed by atoms with Gasteiger partial charge in [-0.05, 0) is 41.1 Å². The van der Waals surface area contributed by atoms with E-state index in [-0.39, 0.29) is 12.4 Å². The van der Waals surface area contributed by atoms with Gasteiger partial charge in [0, 0.05) is 21.0 Å². The van der Waals surface area contributed by atoms with Gasteiger partial charge in [-0.1, -0.05) is 19.1 Å². The Morgan fingerprint density at radius 1 is 1.44 bits per heavy atom. The number of thioether (sulfide) groups is 1. The van der Waals surface area contributed by atoms with E-state index >= 15 is 0 Å². The van der Waals surface area contributed by atoms with Crippen LogP contribution in [0.2, 0.25) is 0 Å². The Labute approximate surface area is 114 Å². The second-order valence-corrected chi connectivity index (χ2v) is 6.24. The fourth-order valence-electron chi connectivity index (χ4n) is 1.20. The molecular formula is C12H15IO2S. The van der Waals surface area contributed by atoms with Crippen molar-refractivity contribution in [2.75, 3.05) is 12.4 Å². The summed E-state index contributed by atoms with van der Waals surface area (Å²) in [5, 5.41) is 9.08. The zero-order valence-electron chi connectivity index (χ0n) is 9.15. The smallest absolute Gasteiger partial charge is 0.172 e. The maximum atomic E-state index is 11.8. The van der Waals surface area contributed by atoms with E-state index in [0.717, 1.165) is 15.6 Å². The standard InChI is InChI=1S/C12H15IO2S/c1-9(6-7-14)16-8-12(15)10-2-4-11(13)5-3-10/h2-5,9,14H,6-8H2,1H3. The second kappa shape index (κ2) is 7.29. The number of carbonyl (C=O) groups is 1. The van der Waals surface area contributed by atoms with Gasteiger partial charge in [-0.15, -0.1) is 0 Å². The Kier molecular flexibility index (Phi) is 6.38. The maximum absolute atomic E-state index is 11.8. The van der Waals surface area contributed by atoms with Crippen LogP contribution in [-0.2, 0) is 0 Å². The molecule has 0 radical (unpaired) electrons. The predicted octanol–water partition coefficient (Wildman–Crippen LogP) is 2.98. The highest BCUT2D eigenvalue weighted by molar-refractivity contribution is 14.1. The lowest BCUT2D eigenvalue weighted by Crippen LogP contribution is -2.07. The summed E-state index contributed by atoms with van der Waals surface area (Å²) in [5.74, 6) is 0.646. The van der Waals surface area contributed by atoms with Crippen LogP contribution in [-0.4, -0.2) is 28.5 Å². The number of halogens is 1. The Balaban J connectivity index is 2.43. The molecule has 0 heterocycles. The summed E-state index contributed by atoms with van der Waals surface area (Å²) >= 11 is 3.82. The fraction of sp³-hybridized carbons (Fsp3) is 0.417. The van der Waals surface area contributed by atoms with Gasteiger partial charge in [-0.25, -0.2) is 0 Å². The monoisotopic (exact) mass is 350 g/mol. The molecule has 1 N–H and O–H groups in total. The van der Waals surface area contributed by atoms with Crippen LogP contribution in [0.3, 0.4) is 0 Å². The van der Waals surface area contributed by atoms with E-state index < -0.39 is 0 Å². The minimum Gasteiger partial charge on any atom is -0.396 e. The molecule has 16 heavy (non-hydrogen) atoms. The third-order valence-corrected chi connectivity index (χ3v) is 4.15. The van der Waals surface area contributed by atoms with E-state index in [0.29, 0.717) is 11.0 Å². The Hall–Kier alpha value is -0.0700. The largest absolute Gasteiger partial charge is 0.396 e. The minimum atomic E-state index is 0.159. The number of hydrogen-bond acceptors (Lipinski definition) is 3. The summed E-state index contributed by atoms with van der Waals surface area (Å²) in [7, 11) is 0. The van der Waals surface area contributed by atoms with Crippen molar-refractivity contribution in [2.45, 2.75) is 18.6 Å². The van der Waals surface area contributed by atoms with Crippen LogP contribution in [0.1, 0.15) is 23.7 Å². The number of aliphatic hydroxyl groups is 1. The summed E-state index contributed by atoms with van der Waals surface area (Å²) in [6.45, 7) is 2.22. The van der Waals surface area contributed by atoms with Gasteiger partial charge in [0.25, 0.3) is 0 Å². The summed E-state index contributed by atoms with van der Waals surface area (Å²) in [4.78, 5) is 11.8. The molecule has 1 unspecified atom stereocenters. The molecule has 0 saturated heterocycles. The van der Waals surface area contributed by atoms with Crippen LogP contribution in [0.5, 0.6) is 0 Å². The van der Waals surface area contributed by atoms with Crippen LogP contribution in [0, 0.1) is 3.57 Å². The summed E-state index contributed by atoms with van der Waals surface area (Å²) in [6.07, 6.45) is 0.741. The number of hydrogen-bond donors (Lipinski definition) is 1. The molecule has 0 aromatic heterocycles. The molecule has 1 aromatic carbocycles. The highest BCUT2D eigenvalue weighted by atomic mass is 127. The lowest BCUT2D eigenvalue weighted by Gasteiger charge is -2.08. The lowest BCUT2D eigenvalue weighted by atomic mass is 10.2. The second-order valence-electron chi connectivity index (χ2n) is 3.56. The molecule has 0 aliphatic carbocycles. The van der Waals surface area contributed by atoms with Gasteiger partial charge < -0.3 is 5.11 Å². The molecule has 88 valence electrons. The molecule has 0 aliphatic heterocycles. The molecule has 0 amide bonds. The SMILES string of the molecule is CC(CCO)SCC(=O)c1ccc(I)cc1. The molecule has 0 fully saturated rings. The van der Waals surface area contributed by atoms with Crippen molar-refractivity contribution in [3.8, 4) is 0 Å². The van der Waals surface area contributed by atoms with E-state index in [1.807, 2.05) is 31.2 Å². The zero-order valence-corrected chi connectivity index (χ0v) is 12.1. The molecule has 1 atom stereocenters. The quantitative estimate of drug-likeness (QED) is 0.633. The van der Waals surface area contributed by atoms with Crippen molar-refractivity contribution < 1.29 is 9.90 Å². The van der Waals surface area contributed by atoms with Crippen LogP contribution in [0.4, 0.5) is 0 Å². The summed E-state index contributed by atoms with van der Waals surface area (Å²) in [6, 6.07) is 7.61. The third kappa shape index (κ3) is 4.84. The van der Waals surface area contributed by atoms with Gasteiger partial charge in [-0.2, -0.15) is 11.8 Å². The van der Waals surface area contributed by atoms with Crippen LogP contribution < -0.4 is 0 Å². The molecular weight excluding hydrogens is 335 g/mol. The molecule has 1 rings (SSSR count). The van der Waals surface area contributed by atoms with Crippen LogP contribution in [0.15, 0.2) is 24.3 Å². The van der Waals surface area contributed by atoms with E-state index in [4.69, 9.17) is 5.11 Å². The average molecular weight is 350 g/mol. The molecule has 1 aromatic rings. The van der Waals surface area contributed by atoms with Crippen molar-refractivity contribution in [3.05, 3.63) is 33.4 Å². The maximum Gasteiger partial charge on any atom is 0.172 e. The van der Waals surface area contributed by atoms with Crippen molar-refractivity contribution in [2.24, 2.45) is 0 Å². The normalized spacial score (nSPS) is 12.4. The van der Waals surface area contributed by atoms with Crippen LogP contribution in [0.25, 0.3) is 0 Å². The van der Waals surface area contributed by atoms with Crippen molar-refractivity contribution >= 4 is 40.1 Å². The first kappa shape index (κ1) is 14.0. The van der Waals surface area contributed by atoms with Crippen LogP contribution >= 0.6 is 34.4 Å². The van der Waals surface area contributed by atoms with Gasteiger partial charge in [-0.3, -0.25) is 4.79 Å². The van der Waals surface area contributed by atoms with E-state index in [1.165, 1.54) is 0 Å².